The molecule has 4 rings (SSSR count). The first kappa shape index (κ1) is 34.8. The average molecular weight is 674 g/mol. The maximum atomic E-state index is 13.1. The Labute approximate surface area is 262 Å². The number of nitrogens with zero attached hydrogens (tertiary/aromatic N) is 2. The molecule has 16 heteroatoms. The van der Waals surface area contributed by atoms with Crippen LogP contribution in [-0.4, -0.2) is 75.0 Å². The molecule has 46 heavy (non-hydrogen) atoms. The van der Waals surface area contributed by atoms with Gasteiger partial charge in [-0.25, -0.2) is 13.4 Å². The molecule has 0 bridgehead atoms. The van der Waals surface area contributed by atoms with Crippen LogP contribution in [0.3, 0.4) is 0 Å². The summed E-state index contributed by atoms with van der Waals surface area (Å²) in [6.45, 7) is -1.91. The summed E-state index contributed by atoms with van der Waals surface area (Å²) in [4.78, 5) is 19.2. The molecule has 10 nitrogen and oxygen atoms in total. The highest BCUT2D eigenvalue weighted by atomic mass is 32.2. The number of anilines is 1. The molecule has 1 fully saturated rings. The van der Waals surface area contributed by atoms with Crippen LogP contribution in [0.5, 0.6) is 11.5 Å². The number of aliphatic hydroxyl groups excluding tert-OH is 1. The molecule has 2 aromatic carbocycles. The Kier molecular flexibility index (Phi) is 11.4. The van der Waals surface area contributed by atoms with Gasteiger partial charge in [0.25, 0.3) is 5.91 Å². The van der Waals surface area contributed by atoms with Crippen molar-refractivity contribution in [3.8, 4) is 11.5 Å². The second-order valence-corrected chi connectivity index (χ2v) is 12.6. The zero-order valence-corrected chi connectivity index (χ0v) is 25.3. The van der Waals surface area contributed by atoms with Crippen LogP contribution in [0.2, 0.25) is 0 Å². The van der Waals surface area contributed by atoms with E-state index < -0.39 is 52.7 Å². The summed E-state index contributed by atoms with van der Waals surface area (Å²) in [5, 5.41) is 12.4. The number of carbonyl (C=O) groups is 1. The summed E-state index contributed by atoms with van der Waals surface area (Å²) in [6.07, 6.45) is -3.70. The SMILES string of the molecule is CCS(=O)(=O)c1ccc(C(CCO)NC(=O)c2ccc(N3C[C@@H](Oc4ccc(OC(F)(F)F)cc4)C[C@H]3COC(F)F)nc2)cc1. The molecule has 1 saturated heterocycles. The van der Waals surface area contributed by atoms with E-state index in [0.717, 1.165) is 12.1 Å². The van der Waals surface area contributed by atoms with Crippen molar-refractivity contribution >= 4 is 21.6 Å². The Balaban J connectivity index is 1.44. The number of rotatable bonds is 14. The van der Waals surface area contributed by atoms with Gasteiger partial charge in [-0.3, -0.25) is 4.79 Å². The lowest BCUT2D eigenvalue weighted by molar-refractivity contribution is -0.274. The smallest absolute Gasteiger partial charge is 0.489 e. The fourth-order valence-electron chi connectivity index (χ4n) is 4.95. The second kappa shape index (κ2) is 15.0. The Hall–Kier alpha value is -4.02. The average Bonchev–Trinajstić information content (AvgIpc) is 3.42. The summed E-state index contributed by atoms with van der Waals surface area (Å²) in [5.74, 6) is -0.406. The highest BCUT2D eigenvalue weighted by Crippen LogP contribution is 2.30. The maximum absolute atomic E-state index is 13.1. The van der Waals surface area contributed by atoms with E-state index in [4.69, 9.17) is 4.74 Å². The number of hydrogen-bond donors (Lipinski definition) is 2. The van der Waals surface area contributed by atoms with Gasteiger partial charge < -0.3 is 29.5 Å². The van der Waals surface area contributed by atoms with Crippen LogP contribution in [0.15, 0.2) is 71.8 Å². The molecular weight excluding hydrogens is 641 g/mol. The molecule has 2 heterocycles. The summed E-state index contributed by atoms with van der Waals surface area (Å²) >= 11 is 0. The zero-order valence-electron chi connectivity index (χ0n) is 24.5. The lowest BCUT2D eigenvalue weighted by Gasteiger charge is -2.25. The third kappa shape index (κ3) is 9.50. The van der Waals surface area contributed by atoms with Gasteiger partial charge in [-0.2, -0.15) is 8.78 Å². The first-order valence-electron chi connectivity index (χ1n) is 14.2. The lowest BCUT2D eigenvalue weighted by Crippen LogP contribution is -2.35. The van der Waals surface area contributed by atoms with E-state index in [-0.39, 0.29) is 54.6 Å². The molecule has 1 amide bonds. The van der Waals surface area contributed by atoms with Crippen LogP contribution in [0.4, 0.5) is 27.8 Å². The number of pyridine rings is 1. The predicted molar refractivity (Wildman–Crippen MR) is 156 cm³/mol. The van der Waals surface area contributed by atoms with E-state index in [1.165, 1.54) is 49.5 Å². The van der Waals surface area contributed by atoms with E-state index in [9.17, 15) is 40.3 Å². The number of alkyl halides is 5. The van der Waals surface area contributed by atoms with Crippen molar-refractivity contribution in [1.29, 1.82) is 0 Å². The fourth-order valence-corrected chi connectivity index (χ4v) is 5.84. The highest BCUT2D eigenvalue weighted by Gasteiger charge is 2.35. The van der Waals surface area contributed by atoms with Crippen molar-refractivity contribution in [2.45, 2.75) is 55.8 Å². The van der Waals surface area contributed by atoms with Gasteiger partial charge in [-0.15, -0.1) is 13.2 Å². The number of nitrogens with one attached hydrogen (secondary N) is 1. The third-order valence-electron chi connectivity index (χ3n) is 7.20. The predicted octanol–water partition coefficient (Wildman–Crippen LogP) is 4.89. The Morgan fingerprint density at radius 3 is 2.30 bits per heavy atom. The number of carbonyl (C=O) groups excluding carboxylic acids is 1. The van der Waals surface area contributed by atoms with Crippen LogP contribution in [0.25, 0.3) is 0 Å². The topological polar surface area (TPSA) is 127 Å². The summed E-state index contributed by atoms with van der Waals surface area (Å²) in [7, 11) is -3.41. The van der Waals surface area contributed by atoms with Crippen LogP contribution in [0.1, 0.15) is 41.7 Å². The van der Waals surface area contributed by atoms with Crippen molar-refractivity contribution in [3.63, 3.8) is 0 Å². The number of halogens is 5. The molecule has 0 spiro atoms. The molecule has 2 N–H and O–H groups in total. The van der Waals surface area contributed by atoms with Gasteiger partial charge >= 0.3 is 13.0 Å². The number of benzene rings is 2. The van der Waals surface area contributed by atoms with Crippen LogP contribution < -0.4 is 19.7 Å². The van der Waals surface area contributed by atoms with Gasteiger partial charge in [-0.1, -0.05) is 19.1 Å². The van der Waals surface area contributed by atoms with E-state index in [0.29, 0.717) is 11.4 Å². The highest BCUT2D eigenvalue weighted by molar-refractivity contribution is 7.91. The molecule has 1 aromatic heterocycles. The Morgan fingerprint density at radius 2 is 1.74 bits per heavy atom. The molecule has 3 aromatic rings. The molecule has 1 unspecified atom stereocenters. The molecular formula is C30H32F5N3O7S. The van der Waals surface area contributed by atoms with Gasteiger partial charge in [0.1, 0.15) is 23.4 Å². The fraction of sp³-hybridized carbons (Fsp3) is 0.400. The molecule has 1 aliphatic heterocycles. The first-order valence-corrected chi connectivity index (χ1v) is 15.8. The minimum absolute atomic E-state index is 0.0603. The van der Waals surface area contributed by atoms with Crippen molar-refractivity contribution in [2.24, 2.45) is 0 Å². The molecule has 3 atom stereocenters. The van der Waals surface area contributed by atoms with Crippen LogP contribution >= 0.6 is 0 Å². The number of amides is 1. The normalized spacial score (nSPS) is 17.6. The summed E-state index contributed by atoms with van der Waals surface area (Å²) in [5.41, 5.74) is 0.764. The number of aliphatic hydroxyl groups is 1. The Bertz CT molecular complexity index is 1540. The first-order chi connectivity index (χ1) is 21.8. The van der Waals surface area contributed by atoms with Crippen molar-refractivity contribution in [3.05, 3.63) is 78.0 Å². The molecule has 0 aliphatic carbocycles. The molecule has 250 valence electrons. The van der Waals surface area contributed by atoms with Crippen molar-refractivity contribution in [1.82, 2.24) is 10.3 Å². The zero-order chi connectivity index (χ0) is 33.5. The Morgan fingerprint density at radius 1 is 1.07 bits per heavy atom. The summed E-state index contributed by atoms with van der Waals surface area (Å²) in [6, 6.07) is 12.6. The number of ether oxygens (including phenoxy) is 3. The van der Waals surface area contributed by atoms with Gasteiger partial charge in [-0.05, 0) is 60.5 Å². The van der Waals surface area contributed by atoms with Crippen LogP contribution in [-0.2, 0) is 14.6 Å². The number of hydrogen-bond acceptors (Lipinski definition) is 9. The summed E-state index contributed by atoms with van der Waals surface area (Å²) < 4.78 is 102. The van der Waals surface area contributed by atoms with Crippen molar-refractivity contribution < 1.29 is 54.5 Å². The standard InChI is InChI=1S/C30H32F5N3O7S/c1-2-46(41,42)25-10-3-19(4-11-25)26(13-14-39)37-28(40)20-5-12-27(36-16-20)38-17-24(15-21(38)18-43-29(31)32)44-22-6-8-23(9-7-22)45-30(33,34)35/h3-12,16,21,24,26,29,39H,2,13-15,17-18H2,1H3,(H,37,40)/t21-,24-,26?/m0/s1. The number of sulfone groups is 1. The largest absolute Gasteiger partial charge is 0.573 e. The minimum atomic E-state index is -4.84. The van der Waals surface area contributed by atoms with Crippen LogP contribution in [0, 0.1) is 0 Å². The quantitative estimate of drug-likeness (QED) is 0.230. The number of aromatic nitrogens is 1. The van der Waals surface area contributed by atoms with Gasteiger partial charge in [0.05, 0.1) is 41.4 Å². The van der Waals surface area contributed by atoms with E-state index in [1.807, 2.05) is 0 Å². The van der Waals surface area contributed by atoms with Gasteiger partial charge in [0.15, 0.2) is 9.84 Å². The van der Waals surface area contributed by atoms with Gasteiger partial charge in [0.2, 0.25) is 0 Å². The third-order valence-corrected chi connectivity index (χ3v) is 8.95. The van der Waals surface area contributed by atoms with E-state index in [1.54, 1.807) is 17.0 Å². The molecule has 0 saturated carbocycles. The van der Waals surface area contributed by atoms with E-state index >= 15 is 0 Å². The van der Waals surface area contributed by atoms with E-state index in [2.05, 4.69) is 19.8 Å². The molecule has 0 radical (unpaired) electrons. The maximum Gasteiger partial charge on any atom is 0.573 e. The minimum Gasteiger partial charge on any atom is -0.489 e. The second-order valence-electron chi connectivity index (χ2n) is 10.3. The van der Waals surface area contributed by atoms with Crippen molar-refractivity contribution in [2.75, 3.05) is 30.4 Å². The monoisotopic (exact) mass is 673 g/mol. The molecule has 1 aliphatic rings. The lowest BCUT2D eigenvalue weighted by atomic mass is 10.0. The van der Waals surface area contributed by atoms with Gasteiger partial charge in [0, 0.05) is 19.2 Å².